The van der Waals surface area contributed by atoms with Gasteiger partial charge in [-0.05, 0) is 60.3 Å². The van der Waals surface area contributed by atoms with Crippen LogP contribution in [-0.2, 0) is 4.79 Å². The Hall–Kier alpha value is -2.58. The number of halogens is 2. The summed E-state index contributed by atoms with van der Waals surface area (Å²) in [5.74, 6) is -2.01. The number of nitrogens with zero attached hydrogens (tertiary/aromatic N) is 1. The van der Waals surface area contributed by atoms with Crippen molar-refractivity contribution in [3.63, 3.8) is 0 Å². The molecule has 126 valence electrons. The molecule has 1 N–H and O–H groups in total. The fraction of sp³-hybridized carbons (Fsp3) is 0. The van der Waals surface area contributed by atoms with Crippen molar-refractivity contribution in [1.82, 2.24) is 10.4 Å². The zero-order valence-corrected chi connectivity index (χ0v) is 14.2. The summed E-state index contributed by atoms with van der Waals surface area (Å²) in [5.41, 5.74) is 3.08. The summed E-state index contributed by atoms with van der Waals surface area (Å²) in [5, 5.41) is 0.941. The maximum Gasteiger partial charge on any atom is 0.285 e. The smallest absolute Gasteiger partial charge is 0.267 e. The monoisotopic (exact) mass is 376 g/mol. The number of thiocarbonyl (C=S) groups is 1. The van der Waals surface area contributed by atoms with Crippen molar-refractivity contribution in [3.8, 4) is 0 Å². The average molecular weight is 376 g/mol. The Morgan fingerprint density at radius 3 is 2.52 bits per heavy atom. The van der Waals surface area contributed by atoms with E-state index in [0.717, 1.165) is 28.9 Å². The molecule has 8 heteroatoms. The third kappa shape index (κ3) is 3.92. The Bertz CT molecular complexity index is 898. The molecule has 2 amide bonds. The normalized spacial score (nSPS) is 15.8. The van der Waals surface area contributed by atoms with E-state index in [0.29, 0.717) is 5.56 Å². The molecule has 0 spiro atoms. The third-order valence-corrected chi connectivity index (χ3v) is 4.56. The lowest BCUT2D eigenvalue weighted by atomic mass is 10.2. The number of benzene rings is 2. The maximum atomic E-state index is 13.2. The summed E-state index contributed by atoms with van der Waals surface area (Å²) in [6, 6.07) is 10.6. The molecule has 0 bridgehead atoms. The van der Waals surface area contributed by atoms with Crippen molar-refractivity contribution in [2.45, 2.75) is 0 Å². The van der Waals surface area contributed by atoms with Gasteiger partial charge in [-0.25, -0.2) is 8.78 Å². The van der Waals surface area contributed by atoms with Crippen molar-refractivity contribution in [1.29, 1.82) is 0 Å². The van der Waals surface area contributed by atoms with Crippen LogP contribution in [0.1, 0.15) is 15.9 Å². The summed E-state index contributed by atoms with van der Waals surface area (Å²) in [7, 11) is 0. The van der Waals surface area contributed by atoms with Gasteiger partial charge in [-0.15, -0.1) is 0 Å². The predicted molar refractivity (Wildman–Crippen MR) is 95.3 cm³/mol. The predicted octanol–water partition coefficient (Wildman–Crippen LogP) is 3.51. The number of thioether (sulfide) groups is 1. The molecule has 0 aliphatic carbocycles. The first-order valence-electron chi connectivity index (χ1n) is 7.04. The lowest BCUT2D eigenvalue weighted by Crippen LogP contribution is -2.44. The minimum atomic E-state index is -0.594. The molecule has 0 radical (unpaired) electrons. The van der Waals surface area contributed by atoms with Crippen LogP contribution in [0.5, 0.6) is 0 Å². The number of amides is 2. The number of carbonyl (C=O) groups is 2. The van der Waals surface area contributed by atoms with E-state index in [1.807, 2.05) is 0 Å². The first kappa shape index (κ1) is 17.2. The Morgan fingerprint density at radius 2 is 1.84 bits per heavy atom. The maximum absolute atomic E-state index is 13.2. The van der Waals surface area contributed by atoms with Crippen LogP contribution in [-0.4, -0.2) is 21.1 Å². The number of hydrazine groups is 1. The summed E-state index contributed by atoms with van der Waals surface area (Å²) in [6.45, 7) is 0. The van der Waals surface area contributed by atoms with Crippen LogP contribution >= 0.6 is 24.0 Å². The lowest BCUT2D eigenvalue weighted by molar-refractivity contribution is -0.123. The van der Waals surface area contributed by atoms with E-state index in [1.165, 1.54) is 36.4 Å². The number of hydrogen-bond donors (Lipinski definition) is 1. The van der Waals surface area contributed by atoms with Gasteiger partial charge in [0.05, 0.1) is 4.91 Å². The first-order valence-corrected chi connectivity index (χ1v) is 8.26. The van der Waals surface area contributed by atoms with E-state index < -0.39 is 23.4 Å². The summed E-state index contributed by atoms with van der Waals surface area (Å²) < 4.78 is 26.3. The molecular weight excluding hydrogens is 366 g/mol. The van der Waals surface area contributed by atoms with Crippen LogP contribution in [0.2, 0.25) is 0 Å². The van der Waals surface area contributed by atoms with E-state index in [1.54, 1.807) is 6.07 Å². The van der Waals surface area contributed by atoms with Gasteiger partial charge in [0.1, 0.15) is 11.6 Å². The Morgan fingerprint density at radius 1 is 1.12 bits per heavy atom. The van der Waals surface area contributed by atoms with Crippen LogP contribution in [0.25, 0.3) is 6.08 Å². The average Bonchev–Trinajstić information content (AvgIpc) is 2.83. The molecule has 1 aliphatic heterocycles. The van der Waals surface area contributed by atoms with E-state index in [9.17, 15) is 18.4 Å². The largest absolute Gasteiger partial charge is 0.285 e. The van der Waals surface area contributed by atoms with E-state index in [4.69, 9.17) is 12.2 Å². The fourth-order valence-electron chi connectivity index (χ4n) is 2.08. The van der Waals surface area contributed by atoms with E-state index in [-0.39, 0.29) is 14.8 Å². The summed E-state index contributed by atoms with van der Waals surface area (Å²) in [4.78, 5) is 24.8. The second kappa shape index (κ2) is 7.12. The molecule has 0 saturated carbocycles. The highest BCUT2D eigenvalue weighted by atomic mass is 32.2. The fourth-order valence-corrected chi connectivity index (χ4v) is 3.26. The second-order valence-corrected chi connectivity index (χ2v) is 6.70. The molecule has 2 aromatic rings. The van der Waals surface area contributed by atoms with Gasteiger partial charge >= 0.3 is 0 Å². The number of hydrogen-bond acceptors (Lipinski definition) is 4. The molecular formula is C17H10F2N2O2S2. The zero-order chi connectivity index (χ0) is 18.0. The Labute approximate surface area is 151 Å². The minimum Gasteiger partial charge on any atom is -0.267 e. The van der Waals surface area contributed by atoms with Crippen molar-refractivity contribution in [2.24, 2.45) is 0 Å². The van der Waals surface area contributed by atoms with Gasteiger partial charge < -0.3 is 0 Å². The molecule has 0 aromatic heterocycles. The molecule has 0 unspecified atom stereocenters. The van der Waals surface area contributed by atoms with Gasteiger partial charge in [0, 0.05) is 5.56 Å². The SMILES string of the molecule is O=C(NN1C(=O)C(=Cc2cccc(F)c2)SC1=S)c1ccc(F)cc1. The minimum absolute atomic E-state index is 0.142. The van der Waals surface area contributed by atoms with E-state index in [2.05, 4.69) is 5.43 Å². The summed E-state index contributed by atoms with van der Waals surface area (Å²) in [6.07, 6.45) is 1.49. The highest BCUT2D eigenvalue weighted by Gasteiger charge is 2.33. The highest BCUT2D eigenvalue weighted by molar-refractivity contribution is 8.26. The molecule has 0 atom stereocenters. The lowest BCUT2D eigenvalue weighted by Gasteiger charge is -2.15. The van der Waals surface area contributed by atoms with Gasteiger partial charge in [-0.3, -0.25) is 15.0 Å². The quantitative estimate of drug-likeness (QED) is 0.658. The second-order valence-electron chi connectivity index (χ2n) is 5.02. The van der Waals surface area contributed by atoms with E-state index >= 15 is 0 Å². The summed E-state index contributed by atoms with van der Waals surface area (Å²) >= 11 is 6.10. The van der Waals surface area contributed by atoms with Crippen LogP contribution in [0, 0.1) is 11.6 Å². The van der Waals surface area contributed by atoms with Gasteiger partial charge in [0.2, 0.25) is 0 Å². The van der Waals surface area contributed by atoms with Gasteiger partial charge in [0.25, 0.3) is 11.8 Å². The Kier molecular flexibility index (Phi) is 4.91. The van der Waals surface area contributed by atoms with Crippen molar-refractivity contribution in [2.75, 3.05) is 0 Å². The molecule has 1 fully saturated rings. The van der Waals surface area contributed by atoms with Crippen LogP contribution in [0.15, 0.2) is 53.4 Å². The number of nitrogens with one attached hydrogen (secondary N) is 1. The molecule has 4 nitrogen and oxygen atoms in total. The highest BCUT2D eigenvalue weighted by Crippen LogP contribution is 2.31. The zero-order valence-electron chi connectivity index (χ0n) is 12.5. The Balaban J connectivity index is 1.77. The number of rotatable bonds is 3. The molecule has 25 heavy (non-hydrogen) atoms. The van der Waals surface area contributed by atoms with Gasteiger partial charge in [0.15, 0.2) is 4.32 Å². The van der Waals surface area contributed by atoms with Crippen molar-refractivity contribution >= 4 is 46.2 Å². The van der Waals surface area contributed by atoms with Gasteiger partial charge in [-0.2, -0.15) is 5.01 Å². The standard InChI is InChI=1S/C17H10F2N2O2S2/c18-12-6-4-11(5-7-12)15(22)20-21-16(23)14(25-17(21)24)9-10-2-1-3-13(19)8-10/h1-9H,(H,20,22). The topological polar surface area (TPSA) is 49.4 Å². The molecule has 3 rings (SSSR count). The molecule has 1 saturated heterocycles. The molecule has 1 aliphatic rings. The number of carbonyl (C=O) groups excluding carboxylic acids is 2. The van der Waals surface area contributed by atoms with Crippen molar-refractivity contribution < 1.29 is 18.4 Å². The molecule has 2 aromatic carbocycles. The first-order chi connectivity index (χ1) is 11.9. The molecule has 1 heterocycles. The van der Waals surface area contributed by atoms with Crippen molar-refractivity contribution in [3.05, 3.63) is 76.2 Å². The van der Waals surface area contributed by atoms with Crippen LogP contribution in [0.4, 0.5) is 8.78 Å². The van der Waals surface area contributed by atoms with Gasteiger partial charge in [-0.1, -0.05) is 23.9 Å². The van der Waals surface area contributed by atoms with Crippen LogP contribution < -0.4 is 5.43 Å². The van der Waals surface area contributed by atoms with Crippen LogP contribution in [0.3, 0.4) is 0 Å². The third-order valence-electron chi connectivity index (χ3n) is 3.26.